The number of anilines is 1. The second-order valence-corrected chi connectivity index (χ2v) is 6.81. The number of carbonyl (C=O) groups is 3. The maximum Gasteiger partial charge on any atom is 0.241 e. The van der Waals surface area contributed by atoms with E-state index >= 15 is 0 Å². The standard InChI is InChI=1S/C18H17NO5/c1-10(21)11-4-3-5-12(8-11)19-15(22)13-14(16(19)23)18(9-20)7-6-17(13,2)24-18/h3-8,13-14,20H,9H2,1-2H3/t13-,14-,17-,18+/m1/s1. The fourth-order valence-electron chi connectivity index (χ4n) is 4.16. The van der Waals surface area contributed by atoms with Gasteiger partial charge in [0.15, 0.2) is 5.78 Å². The number of imide groups is 1. The third-order valence-electron chi connectivity index (χ3n) is 5.31. The minimum absolute atomic E-state index is 0.139. The van der Waals surface area contributed by atoms with Gasteiger partial charge >= 0.3 is 0 Å². The van der Waals surface area contributed by atoms with Crippen molar-refractivity contribution in [3.05, 3.63) is 42.0 Å². The number of aliphatic hydroxyl groups is 1. The molecule has 6 heteroatoms. The first kappa shape index (κ1) is 15.2. The zero-order chi connectivity index (χ0) is 17.3. The average Bonchev–Trinajstić information content (AvgIpc) is 3.13. The number of carbonyl (C=O) groups excluding carboxylic acids is 3. The molecule has 3 heterocycles. The largest absolute Gasteiger partial charge is 0.393 e. The number of ether oxygens (including phenoxy) is 1. The number of Topliss-reactive ketones (excluding diaryl/α,β-unsaturated/α-hetero) is 1. The van der Waals surface area contributed by atoms with E-state index < -0.39 is 28.9 Å². The average molecular weight is 327 g/mol. The summed E-state index contributed by atoms with van der Waals surface area (Å²) in [6, 6.07) is 6.47. The van der Waals surface area contributed by atoms with E-state index in [1.54, 1.807) is 43.3 Å². The molecule has 1 aromatic rings. The summed E-state index contributed by atoms with van der Waals surface area (Å²) in [7, 11) is 0. The molecule has 2 amide bonds. The van der Waals surface area contributed by atoms with Gasteiger partial charge in [-0.3, -0.25) is 14.4 Å². The van der Waals surface area contributed by atoms with Crippen molar-refractivity contribution in [1.29, 1.82) is 0 Å². The number of nitrogens with zero attached hydrogens (tertiary/aromatic N) is 1. The summed E-state index contributed by atoms with van der Waals surface area (Å²) in [4.78, 5) is 38.6. The lowest BCUT2D eigenvalue weighted by Crippen LogP contribution is -2.43. The summed E-state index contributed by atoms with van der Waals surface area (Å²) in [6.07, 6.45) is 3.44. The van der Waals surface area contributed by atoms with Gasteiger partial charge in [0, 0.05) is 5.56 Å². The monoisotopic (exact) mass is 327 g/mol. The Balaban J connectivity index is 1.80. The van der Waals surface area contributed by atoms with Gasteiger partial charge in [0.1, 0.15) is 5.60 Å². The molecule has 2 fully saturated rings. The van der Waals surface area contributed by atoms with E-state index in [0.717, 1.165) is 4.90 Å². The Bertz CT molecular complexity index is 815. The number of amides is 2. The Morgan fingerprint density at radius 2 is 1.96 bits per heavy atom. The summed E-state index contributed by atoms with van der Waals surface area (Å²) in [5, 5.41) is 9.78. The van der Waals surface area contributed by atoms with Crippen LogP contribution in [0.5, 0.6) is 0 Å². The summed E-state index contributed by atoms with van der Waals surface area (Å²) in [5.41, 5.74) is -1.22. The lowest BCUT2D eigenvalue weighted by molar-refractivity contribution is -0.131. The Morgan fingerprint density at radius 1 is 1.25 bits per heavy atom. The van der Waals surface area contributed by atoms with Crippen LogP contribution in [0.3, 0.4) is 0 Å². The molecular formula is C18H17NO5. The van der Waals surface area contributed by atoms with E-state index in [2.05, 4.69) is 0 Å². The summed E-state index contributed by atoms with van der Waals surface area (Å²) in [6.45, 7) is 2.83. The predicted molar refractivity (Wildman–Crippen MR) is 84.4 cm³/mol. The zero-order valence-corrected chi connectivity index (χ0v) is 13.4. The lowest BCUT2D eigenvalue weighted by atomic mass is 9.73. The van der Waals surface area contributed by atoms with Gasteiger partial charge < -0.3 is 9.84 Å². The van der Waals surface area contributed by atoms with Crippen molar-refractivity contribution in [1.82, 2.24) is 0 Å². The van der Waals surface area contributed by atoms with Gasteiger partial charge in [-0.05, 0) is 26.0 Å². The van der Waals surface area contributed by atoms with E-state index in [0.29, 0.717) is 11.3 Å². The smallest absolute Gasteiger partial charge is 0.241 e. The van der Waals surface area contributed by atoms with Crippen LogP contribution < -0.4 is 4.90 Å². The highest BCUT2D eigenvalue weighted by Gasteiger charge is 2.72. The first-order valence-corrected chi connectivity index (χ1v) is 7.83. The van der Waals surface area contributed by atoms with Crippen LogP contribution in [0.1, 0.15) is 24.2 Å². The molecule has 1 N–H and O–H groups in total. The van der Waals surface area contributed by atoms with Gasteiger partial charge in [-0.2, -0.15) is 0 Å². The number of hydrogen-bond donors (Lipinski definition) is 1. The molecular weight excluding hydrogens is 310 g/mol. The normalized spacial score (nSPS) is 36.5. The van der Waals surface area contributed by atoms with Gasteiger partial charge in [0.2, 0.25) is 11.8 Å². The summed E-state index contributed by atoms with van der Waals surface area (Å²) < 4.78 is 5.87. The van der Waals surface area contributed by atoms with Crippen molar-refractivity contribution in [2.45, 2.75) is 25.0 Å². The molecule has 124 valence electrons. The Hall–Kier alpha value is -2.31. The second kappa shape index (κ2) is 4.62. The number of aliphatic hydroxyl groups excluding tert-OH is 1. The van der Waals surface area contributed by atoms with Crippen LogP contribution >= 0.6 is 0 Å². The molecule has 0 unspecified atom stereocenters. The zero-order valence-electron chi connectivity index (χ0n) is 13.4. The number of benzene rings is 1. The van der Waals surface area contributed by atoms with E-state index in [-0.39, 0.29) is 18.3 Å². The lowest BCUT2D eigenvalue weighted by Gasteiger charge is -2.27. The summed E-state index contributed by atoms with van der Waals surface area (Å²) in [5.74, 6) is -2.30. The van der Waals surface area contributed by atoms with E-state index in [1.807, 2.05) is 0 Å². The van der Waals surface area contributed by atoms with Gasteiger partial charge in [-0.25, -0.2) is 4.90 Å². The molecule has 0 radical (unpaired) electrons. The minimum atomic E-state index is -1.14. The molecule has 24 heavy (non-hydrogen) atoms. The van der Waals surface area contributed by atoms with Crippen LogP contribution in [0.25, 0.3) is 0 Å². The Kier molecular flexibility index (Phi) is 2.93. The molecule has 3 aliphatic rings. The molecule has 3 aliphatic heterocycles. The minimum Gasteiger partial charge on any atom is -0.393 e. The van der Waals surface area contributed by atoms with E-state index in [1.165, 1.54) is 6.92 Å². The molecule has 4 rings (SSSR count). The van der Waals surface area contributed by atoms with Crippen molar-refractivity contribution in [2.24, 2.45) is 11.8 Å². The Morgan fingerprint density at radius 3 is 2.62 bits per heavy atom. The van der Waals surface area contributed by atoms with Gasteiger partial charge in [-0.15, -0.1) is 0 Å². The van der Waals surface area contributed by atoms with Crippen LogP contribution in [0.15, 0.2) is 36.4 Å². The molecule has 2 bridgehead atoms. The number of ketones is 1. The molecule has 4 atom stereocenters. The fourth-order valence-corrected chi connectivity index (χ4v) is 4.16. The molecule has 1 aromatic carbocycles. The molecule has 2 saturated heterocycles. The van der Waals surface area contributed by atoms with Crippen molar-refractivity contribution in [2.75, 3.05) is 11.5 Å². The third-order valence-corrected chi connectivity index (χ3v) is 5.31. The number of fused-ring (bicyclic) bond motifs is 5. The second-order valence-electron chi connectivity index (χ2n) is 6.81. The Labute approximate surface area is 138 Å². The van der Waals surface area contributed by atoms with Crippen molar-refractivity contribution in [3.63, 3.8) is 0 Å². The highest BCUT2D eigenvalue weighted by atomic mass is 16.5. The molecule has 0 aromatic heterocycles. The van der Waals surface area contributed by atoms with Gasteiger partial charge in [0.25, 0.3) is 0 Å². The molecule has 0 aliphatic carbocycles. The van der Waals surface area contributed by atoms with E-state index in [9.17, 15) is 19.5 Å². The van der Waals surface area contributed by atoms with Crippen LogP contribution in [0.2, 0.25) is 0 Å². The van der Waals surface area contributed by atoms with Gasteiger partial charge in [-0.1, -0.05) is 24.3 Å². The topological polar surface area (TPSA) is 83.9 Å². The maximum atomic E-state index is 13.0. The maximum absolute atomic E-state index is 13.0. The first-order chi connectivity index (χ1) is 11.3. The predicted octanol–water partition coefficient (Wildman–Crippen LogP) is 1.08. The molecule has 6 nitrogen and oxygen atoms in total. The van der Waals surface area contributed by atoms with Crippen LogP contribution in [0, 0.1) is 11.8 Å². The SMILES string of the molecule is CC(=O)c1cccc(N2C(=O)[C@H]3[C@H](C2=O)[C@@]2(CO)C=C[C@@]3(C)O2)c1. The van der Waals surface area contributed by atoms with Crippen molar-refractivity contribution in [3.8, 4) is 0 Å². The first-order valence-electron chi connectivity index (χ1n) is 7.83. The molecule has 0 spiro atoms. The fraction of sp³-hybridized carbons (Fsp3) is 0.389. The van der Waals surface area contributed by atoms with Crippen molar-refractivity contribution < 1.29 is 24.2 Å². The highest BCUT2D eigenvalue weighted by Crippen LogP contribution is 2.57. The highest BCUT2D eigenvalue weighted by molar-refractivity contribution is 6.23. The van der Waals surface area contributed by atoms with Crippen LogP contribution in [0.4, 0.5) is 5.69 Å². The van der Waals surface area contributed by atoms with Crippen molar-refractivity contribution >= 4 is 23.3 Å². The van der Waals surface area contributed by atoms with Crippen LogP contribution in [-0.4, -0.2) is 40.5 Å². The quantitative estimate of drug-likeness (QED) is 0.510. The molecule has 0 saturated carbocycles. The van der Waals surface area contributed by atoms with Crippen LogP contribution in [-0.2, 0) is 14.3 Å². The number of hydrogen-bond acceptors (Lipinski definition) is 5. The van der Waals surface area contributed by atoms with E-state index in [4.69, 9.17) is 4.74 Å². The number of rotatable bonds is 3. The summed E-state index contributed by atoms with van der Waals surface area (Å²) >= 11 is 0. The third kappa shape index (κ3) is 1.70. The van der Waals surface area contributed by atoms with Gasteiger partial charge in [0.05, 0.1) is 29.7 Å².